The minimum absolute atomic E-state index is 0.283. The molecule has 0 aliphatic rings. The Morgan fingerprint density at radius 3 is 2.88 bits per heavy atom. The number of aromatic nitrogens is 1. The van der Waals surface area contributed by atoms with Crippen LogP contribution in [0.25, 0.3) is 0 Å². The number of carbonyl (C=O) groups excluding carboxylic acids is 1. The quantitative estimate of drug-likeness (QED) is 0.761. The van der Waals surface area contributed by atoms with Gasteiger partial charge in [0.2, 0.25) is 0 Å². The van der Waals surface area contributed by atoms with Gasteiger partial charge in [-0.1, -0.05) is 13.8 Å². The van der Waals surface area contributed by atoms with E-state index in [1.54, 1.807) is 0 Å². The zero-order valence-corrected chi connectivity index (χ0v) is 11.7. The van der Waals surface area contributed by atoms with Gasteiger partial charge in [-0.25, -0.2) is 9.78 Å². The zero-order valence-electron chi connectivity index (χ0n) is 10.1. The predicted molar refractivity (Wildman–Crippen MR) is 69.2 cm³/mol. The summed E-state index contributed by atoms with van der Waals surface area (Å²) < 4.78 is 4.70. The van der Waals surface area contributed by atoms with Gasteiger partial charge in [0.15, 0.2) is 0 Å². The van der Waals surface area contributed by atoms with E-state index in [1.165, 1.54) is 18.4 Å². The fourth-order valence-corrected chi connectivity index (χ4v) is 3.07. The van der Waals surface area contributed by atoms with Gasteiger partial charge in [0.1, 0.15) is 9.88 Å². The van der Waals surface area contributed by atoms with Crippen LogP contribution in [0.3, 0.4) is 0 Å². The molecule has 1 aromatic rings. The van der Waals surface area contributed by atoms with E-state index in [0.717, 1.165) is 22.9 Å². The third kappa shape index (κ3) is 3.49. The van der Waals surface area contributed by atoms with E-state index < -0.39 is 0 Å². The second kappa shape index (κ2) is 6.25. The summed E-state index contributed by atoms with van der Waals surface area (Å²) >= 11 is 3.30. The van der Waals surface area contributed by atoms with Gasteiger partial charge in [0.25, 0.3) is 0 Å². The maximum Gasteiger partial charge on any atom is 0.349 e. The molecule has 1 atom stereocenters. The highest BCUT2D eigenvalue weighted by molar-refractivity contribution is 7.99. The zero-order chi connectivity index (χ0) is 12.1. The summed E-state index contributed by atoms with van der Waals surface area (Å²) in [7, 11) is 1.40. The molecule has 0 radical (unpaired) electrons. The molecule has 0 aromatic carbocycles. The SMILES string of the molecule is CCC(C)SCc1nc(C)c(C(=O)OC)s1. The molecule has 1 unspecified atom stereocenters. The molecule has 5 heteroatoms. The smallest absolute Gasteiger partial charge is 0.349 e. The summed E-state index contributed by atoms with van der Waals surface area (Å²) in [6, 6.07) is 0. The first-order valence-corrected chi connectivity index (χ1v) is 7.11. The number of carbonyl (C=O) groups is 1. The largest absolute Gasteiger partial charge is 0.465 e. The topological polar surface area (TPSA) is 39.2 Å². The lowest BCUT2D eigenvalue weighted by Crippen LogP contribution is -1.99. The molecule has 0 saturated carbocycles. The van der Waals surface area contributed by atoms with Gasteiger partial charge >= 0.3 is 5.97 Å². The molecule has 3 nitrogen and oxygen atoms in total. The number of hydrogen-bond donors (Lipinski definition) is 0. The van der Waals surface area contributed by atoms with E-state index in [-0.39, 0.29) is 5.97 Å². The van der Waals surface area contributed by atoms with Gasteiger partial charge in [-0.05, 0) is 13.3 Å². The summed E-state index contributed by atoms with van der Waals surface area (Å²) in [4.78, 5) is 16.4. The van der Waals surface area contributed by atoms with Gasteiger partial charge < -0.3 is 4.74 Å². The minimum Gasteiger partial charge on any atom is -0.465 e. The summed E-state index contributed by atoms with van der Waals surface area (Å²) in [6.45, 7) is 6.22. The van der Waals surface area contributed by atoms with E-state index >= 15 is 0 Å². The van der Waals surface area contributed by atoms with Crippen LogP contribution >= 0.6 is 23.1 Å². The Balaban J connectivity index is 2.66. The van der Waals surface area contributed by atoms with Crippen molar-refractivity contribution in [2.45, 2.75) is 38.2 Å². The third-order valence-electron chi connectivity index (χ3n) is 2.28. The van der Waals surface area contributed by atoms with E-state index in [0.29, 0.717) is 10.1 Å². The summed E-state index contributed by atoms with van der Waals surface area (Å²) in [5.74, 6) is 0.590. The Kier molecular flexibility index (Phi) is 5.28. The van der Waals surface area contributed by atoms with Crippen LogP contribution in [0.2, 0.25) is 0 Å². The molecule has 0 aliphatic carbocycles. The van der Waals surface area contributed by atoms with Crippen LogP contribution in [-0.4, -0.2) is 23.3 Å². The van der Waals surface area contributed by atoms with Crippen molar-refractivity contribution in [3.63, 3.8) is 0 Å². The Bertz CT molecular complexity index is 363. The fraction of sp³-hybridized carbons (Fsp3) is 0.636. The van der Waals surface area contributed by atoms with Gasteiger partial charge in [-0.3, -0.25) is 0 Å². The summed E-state index contributed by atoms with van der Waals surface area (Å²) in [6.07, 6.45) is 1.15. The lowest BCUT2D eigenvalue weighted by atomic mass is 10.4. The van der Waals surface area contributed by atoms with Crippen LogP contribution in [0, 0.1) is 6.92 Å². The molecular formula is C11H17NO2S2. The molecule has 0 N–H and O–H groups in total. The molecule has 0 saturated heterocycles. The number of methoxy groups -OCH3 is 1. The standard InChI is InChI=1S/C11H17NO2S2/c1-5-7(2)15-6-9-12-8(3)10(16-9)11(13)14-4/h7H,5-6H2,1-4H3. The second-order valence-corrected chi connectivity index (χ2v) is 6.05. The van der Waals surface area contributed by atoms with Gasteiger partial charge in [0.05, 0.1) is 12.8 Å². The molecule has 1 heterocycles. The molecule has 0 aliphatic heterocycles. The van der Waals surface area contributed by atoms with Gasteiger partial charge in [-0.2, -0.15) is 11.8 Å². The molecule has 90 valence electrons. The van der Waals surface area contributed by atoms with E-state index in [4.69, 9.17) is 4.74 Å². The van der Waals surface area contributed by atoms with Crippen LogP contribution in [0.1, 0.15) is 40.6 Å². The first-order chi connectivity index (χ1) is 7.58. The van der Waals surface area contributed by atoms with E-state index in [1.807, 2.05) is 18.7 Å². The maximum atomic E-state index is 11.4. The minimum atomic E-state index is -0.283. The average Bonchev–Trinajstić information content (AvgIpc) is 2.66. The Hall–Kier alpha value is -0.550. The second-order valence-electron chi connectivity index (χ2n) is 3.54. The number of hydrogen-bond acceptors (Lipinski definition) is 5. The lowest BCUT2D eigenvalue weighted by Gasteiger charge is -2.04. The monoisotopic (exact) mass is 259 g/mol. The third-order valence-corrected chi connectivity index (χ3v) is 4.94. The first-order valence-electron chi connectivity index (χ1n) is 5.24. The number of thiazole rings is 1. The van der Waals surface area contributed by atoms with Crippen LogP contribution < -0.4 is 0 Å². The van der Waals surface area contributed by atoms with Crippen molar-refractivity contribution in [1.29, 1.82) is 0 Å². The average molecular weight is 259 g/mol. The molecule has 1 aromatic heterocycles. The maximum absolute atomic E-state index is 11.4. The van der Waals surface area contributed by atoms with Crippen LogP contribution in [0.5, 0.6) is 0 Å². The van der Waals surface area contributed by atoms with Crippen molar-refractivity contribution in [2.75, 3.05) is 7.11 Å². The number of aryl methyl sites for hydroxylation is 1. The highest BCUT2D eigenvalue weighted by Crippen LogP contribution is 2.25. The van der Waals surface area contributed by atoms with Crippen LogP contribution in [-0.2, 0) is 10.5 Å². The number of ether oxygens (including phenoxy) is 1. The first kappa shape index (κ1) is 13.5. The van der Waals surface area contributed by atoms with Crippen molar-refractivity contribution in [3.8, 4) is 0 Å². The van der Waals surface area contributed by atoms with E-state index in [9.17, 15) is 4.79 Å². The molecule has 0 spiro atoms. The molecular weight excluding hydrogens is 242 g/mol. The predicted octanol–water partition coefficient (Wildman–Crippen LogP) is 3.27. The van der Waals surface area contributed by atoms with E-state index in [2.05, 4.69) is 18.8 Å². The number of rotatable bonds is 5. The number of esters is 1. The Morgan fingerprint density at radius 1 is 1.62 bits per heavy atom. The number of nitrogens with zero attached hydrogens (tertiary/aromatic N) is 1. The van der Waals surface area contributed by atoms with Crippen LogP contribution in [0.4, 0.5) is 0 Å². The summed E-state index contributed by atoms with van der Waals surface area (Å²) in [5, 5.41) is 1.63. The Labute approximate surface area is 105 Å². The highest BCUT2D eigenvalue weighted by atomic mass is 32.2. The van der Waals surface area contributed by atoms with Crippen molar-refractivity contribution in [3.05, 3.63) is 15.6 Å². The molecule has 0 amide bonds. The van der Waals surface area contributed by atoms with Crippen molar-refractivity contribution < 1.29 is 9.53 Å². The summed E-state index contributed by atoms with van der Waals surface area (Å²) in [5.41, 5.74) is 0.775. The molecule has 1 rings (SSSR count). The lowest BCUT2D eigenvalue weighted by molar-refractivity contribution is 0.0605. The molecule has 0 bridgehead atoms. The number of thioether (sulfide) groups is 1. The van der Waals surface area contributed by atoms with Crippen molar-refractivity contribution >= 4 is 29.1 Å². The molecule has 16 heavy (non-hydrogen) atoms. The van der Waals surface area contributed by atoms with Gasteiger partial charge in [0, 0.05) is 11.0 Å². The Morgan fingerprint density at radius 2 is 2.31 bits per heavy atom. The normalized spacial score (nSPS) is 12.5. The van der Waals surface area contributed by atoms with Crippen molar-refractivity contribution in [2.24, 2.45) is 0 Å². The van der Waals surface area contributed by atoms with Crippen molar-refractivity contribution in [1.82, 2.24) is 4.98 Å². The highest BCUT2D eigenvalue weighted by Gasteiger charge is 2.15. The fourth-order valence-electron chi connectivity index (χ4n) is 1.13. The molecule has 0 fully saturated rings. The van der Waals surface area contributed by atoms with Crippen LogP contribution in [0.15, 0.2) is 0 Å². The van der Waals surface area contributed by atoms with Gasteiger partial charge in [-0.15, -0.1) is 11.3 Å².